The van der Waals surface area contributed by atoms with Crippen LogP contribution in [0.4, 0.5) is 0 Å². The van der Waals surface area contributed by atoms with Gasteiger partial charge >= 0.3 is 0 Å². The number of halogens is 1. The summed E-state index contributed by atoms with van der Waals surface area (Å²) in [7, 11) is 0. The number of hydrogen-bond donors (Lipinski definition) is 1. The number of aromatic nitrogens is 2. The second-order valence-corrected chi connectivity index (χ2v) is 7.50. The molecule has 1 aromatic carbocycles. The van der Waals surface area contributed by atoms with E-state index in [2.05, 4.69) is 10.6 Å². The smallest absolute Gasteiger partial charge is 0.295 e. The summed E-state index contributed by atoms with van der Waals surface area (Å²) >= 11 is 6.02. The Morgan fingerprint density at radius 1 is 1.15 bits per heavy atom. The lowest BCUT2D eigenvalue weighted by molar-refractivity contribution is -0.186. The lowest BCUT2D eigenvalue weighted by atomic mass is 10.1. The zero-order valence-corrected chi connectivity index (χ0v) is 16.0. The van der Waals surface area contributed by atoms with Crippen LogP contribution in [-0.2, 0) is 22.4 Å². The van der Waals surface area contributed by atoms with Crippen LogP contribution in [-0.4, -0.2) is 28.6 Å². The van der Waals surface area contributed by atoms with Crippen molar-refractivity contribution in [1.29, 1.82) is 0 Å². The number of carbonyl (C=O) groups excluding carboxylic acids is 1. The molecule has 2 aromatic rings. The zero-order chi connectivity index (χ0) is 18.6. The molecule has 4 rings (SSSR count). The molecule has 7 heteroatoms. The molecule has 1 aliphatic heterocycles. The third kappa shape index (κ3) is 4.18. The predicted octanol–water partition coefficient (Wildman–Crippen LogP) is 3.98. The molecule has 0 radical (unpaired) electrons. The summed E-state index contributed by atoms with van der Waals surface area (Å²) in [4.78, 5) is 18.2. The maximum absolute atomic E-state index is 12.8. The van der Waals surface area contributed by atoms with Crippen LogP contribution in [0.25, 0.3) is 5.69 Å². The Morgan fingerprint density at radius 3 is 2.74 bits per heavy atom. The molecule has 0 saturated carbocycles. The SMILES string of the molecule is O=C(NOC1CCCCO1)c1nn(-c2ccc(Cl)cc2)c2c1CCCCC2. The van der Waals surface area contributed by atoms with E-state index in [0.29, 0.717) is 17.3 Å². The third-order valence-electron chi connectivity index (χ3n) is 5.14. The Kier molecular flexibility index (Phi) is 5.76. The van der Waals surface area contributed by atoms with Crippen LogP contribution in [0.2, 0.25) is 5.02 Å². The number of hydrogen-bond acceptors (Lipinski definition) is 4. The average molecular weight is 390 g/mol. The van der Waals surface area contributed by atoms with E-state index in [9.17, 15) is 4.79 Å². The van der Waals surface area contributed by atoms with E-state index in [4.69, 9.17) is 21.2 Å². The van der Waals surface area contributed by atoms with Gasteiger partial charge in [-0.15, -0.1) is 0 Å². The molecule has 0 bridgehead atoms. The summed E-state index contributed by atoms with van der Waals surface area (Å²) in [6.45, 7) is 0.668. The Morgan fingerprint density at radius 2 is 1.96 bits per heavy atom. The van der Waals surface area contributed by atoms with Gasteiger partial charge in [0.25, 0.3) is 5.91 Å². The minimum Gasteiger partial charge on any atom is -0.350 e. The van der Waals surface area contributed by atoms with Crippen LogP contribution in [0.1, 0.15) is 60.3 Å². The maximum atomic E-state index is 12.8. The molecule has 6 nitrogen and oxygen atoms in total. The van der Waals surface area contributed by atoms with Crippen LogP contribution in [0.3, 0.4) is 0 Å². The lowest BCUT2D eigenvalue weighted by Crippen LogP contribution is -2.33. The average Bonchev–Trinajstić information content (AvgIpc) is 2.89. The van der Waals surface area contributed by atoms with E-state index >= 15 is 0 Å². The van der Waals surface area contributed by atoms with Crippen LogP contribution >= 0.6 is 11.6 Å². The van der Waals surface area contributed by atoms with E-state index in [0.717, 1.165) is 68.3 Å². The van der Waals surface area contributed by atoms with Crippen LogP contribution in [0.15, 0.2) is 24.3 Å². The van der Waals surface area contributed by atoms with Gasteiger partial charge in [-0.1, -0.05) is 18.0 Å². The lowest BCUT2D eigenvalue weighted by Gasteiger charge is -2.21. The van der Waals surface area contributed by atoms with Crippen LogP contribution in [0.5, 0.6) is 0 Å². The highest BCUT2D eigenvalue weighted by Gasteiger charge is 2.26. The molecule has 1 amide bonds. The largest absolute Gasteiger partial charge is 0.350 e. The molecule has 2 heterocycles. The van der Waals surface area contributed by atoms with Crippen molar-refractivity contribution in [2.75, 3.05) is 6.61 Å². The first-order valence-electron chi connectivity index (χ1n) is 9.66. The van der Waals surface area contributed by atoms with E-state index in [1.807, 2.05) is 28.9 Å². The van der Waals surface area contributed by atoms with E-state index in [-0.39, 0.29) is 12.2 Å². The van der Waals surface area contributed by atoms with Gasteiger partial charge in [0, 0.05) is 29.3 Å². The normalized spacial score (nSPS) is 20.0. The van der Waals surface area contributed by atoms with Gasteiger partial charge < -0.3 is 4.74 Å². The van der Waals surface area contributed by atoms with E-state index < -0.39 is 0 Å². The fourth-order valence-electron chi connectivity index (χ4n) is 3.73. The van der Waals surface area contributed by atoms with Crippen molar-refractivity contribution in [3.63, 3.8) is 0 Å². The molecule has 1 aliphatic carbocycles. The van der Waals surface area contributed by atoms with Gasteiger partial charge in [-0.05, 0) is 62.8 Å². The first-order chi connectivity index (χ1) is 13.2. The highest BCUT2D eigenvalue weighted by molar-refractivity contribution is 6.30. The summed E-state index contributed by atoms with van der Waals surface area (Å²) in [5.41, 5.74) is 6.03. The quantitative estimate of drug-likeness (QED) is 0.634. The number of rotatable bonds is 4. The van der Waals surface area contributed by atoms with Gasteiger partial charge in [-0.25, -0.2) is 15.0 Å². The minimum atomic E-state index is -0.375. The number of carbonyl (C=O) groups is 1. The van der Waals surface area contributed by atoms with Gasteiger partial charge in [-0.3, -0.25) is 4.79 Å². The predicted molar refractivity (Wildman–Crippen MR) is 102 cm³/mol. The topological polar surface area (TPSA) is 65.4 Å². The molecule has 1 atom stereocenters. The second kappa shape index (κ2) is 8.42. The summed E-state index contributed by atoms with van der Waals surface area (Å²) < 4.78 is 7.39. The second-order valence-electron chi connectivity index (χ2n) is 7.07. The Bertz CT molecular complexity index is 798. The summed E-state index contributed by atoms with van der Waals surface area (Å²) in [6, 6.07) is 7.53. The molecule has 1 unspecified atom stereocenters. The fourth-order valence-corrected chi connectivity index (χ4v) is 3.85. The minimum absolute atomic E-state index is 0.310. The van der Waals surface area contributed by atoms with Crippen molar-refractivity contribution in [3.05, 3.63) is 46.2 Å². The molecule has 1 saturated heterocycles. The van der Waals surface area contributed by atoms with Crippen molar-refractivity contribution >= 4 is 17.5 Å². The van der Waals surface area contributed by atoms with Crippen LogP contribution < -0.4 is 5.48 Å². The summed E-state index contributed by atoms with van der Waals surface area (Å²) in [5.74, 6) is -0.310. The number of ether oxygens (including phenoxy) is 1. The Labute approximate surface area is 163 Å². The van der Waals surface area contributed by atoms with E-state index in [1.165, 1.54) is 0 Å². The Hall–Kier alpha value is -1.89. The molecule has 0 spiro atoms. The first kappa shape index (κ1) is 18.5. The third-order valence-corrected chi connectivity index (χ3v) is 5.39. The molecule has 2 aliphatic rings. The van der Waals surface area contributed by atoms with Crippen molar-refractivity contribution in [1.82, 2.24) is 15.3 Å². The molecule has 1 aromatic heterocycles. The molecule has 1 N–H and O–H groups in total. The molecular weight excluding hydrogens is 366 g/mol. The van der Waals surface area contributed by atoms with E-state index in [1.54, 1.807) is 0 Å². The maximum Gasteiger partial charge on any atom is 0.295 e. The van der Waals surface area contributed by atoms with Gasteiger partial charge in [0.2, 0.25) is 0 Å². The summed E-state index contributed by atoms with van der Waals surface area (Å²) in [5, 5.41) is 5.31. The zero-order valence-electron chi connectivity index (χ0n) is 15.2. The number of fused-ring (bicyclic) bond motifs is 1. The number of hydroxylamine groups is 1. The fraction of sp³-hybridized carbons (Fsp3) is 0.500. The molecule has 144 valence electrons. The first-order valence-corrected chi connectivity index (χ1v) is 10.0. The van der Waals surface area contributed by atoms with Gasteiger partial charge in [0.05, 0.1) is 5.69 Å². The number of nitrogens with zero attached hydrogens (tertiary/aromatic N) is 2. The number of benzene rings is 1. The van der Waals surface area contributed by atoms with Gasteiger partial charge in [0.1, 0.15) is 0 Å². The van der Waals surface area contributed by atoms with Crippen molar-refractivity contribution in [2.24, 2.45) is 0 Å². The highest BCUT2D eigenvalue weighted by atomic mass is 35.5. The van der Waals surface area contributed by atoms with Crippen molar-refractivity contribution in [2.45, 2.75) is 57.7 Å². The molecular formula is C20H24ClN3O3. The van der Waals surface area contributed by atoms with Crippen molar-refractivity contribution in [3.8, 4) is 5.69 Å². The molecule has 1 fully saturated rings. The van der Waals surface area contributed by atoms with Crippen LogP contribution in [0, 0.1) is 0 Å². The van der Waals surface area contributed by atoms with Gasteiger partial charge in [-0.2, -0.15) is 5.10 Å². The Balaban J connectivity index is 1.59. The van der Waals surface area contributed by atoms with Crippen molar-refractivity contribution < 1.29 is 14.4 Å². The summed E-state index contributed by atoms with van der Waals surface area (Å²) in [6.07, 6.45) is 7.57. The monoisotopic (exact) mass is 389 g/mol. The van der Waals surface area contributed by atoms with Gasteiger partial charge in [0.15, 0.2) is 12.0 Å². The number of nitrogens with one attached hydrogen (secondary N) is 1. The molecule has 27 heavy (non-hydrogen) atoms. The number of amides is 1. The standard InChI is InChI=1S/C20H24ClN3O3/c21-14-9-11-15(12-10-14)24-17-7-3-1-2-6-16(17)19(22-24)20(25)23-27-18-8-4-5-13-26-18/h9-12,18H,1-8,13H2,(H,23,25). The highest BCUT2D eigenvalue weighted by Crippen LogP contribution is 2.27.